The molecule has 2 aliphatic rings. The molecule has 3 aromatic carbocycles. The molecule has 232 valence electrons. The van der Waals surface area contributed by atoms with E-state index in [0.29, 0.717) is 50.3 Å². The van der Waals surface area contributed by atoms with Crippen LogP contribution in [0, 0.1) is 6.92 Å². The van der Waals surface area contributed by atoms with Crippen LogP contribution in [0.2, 0.25) is 0 Å². The van der Waals surface area contributed by atoms with Gasteiger partial charge in [0.15, 0.2) is 0 Å². The Morgan fingerprint density at radius 2 is 1.57 bits per heavy atom. The number of carboxylic acids is 1. The third-order valence-electron chi connectivity index (χ3n) is 7.98. The molecule has 2 N–H and O–H groups in total. The van der Waals surface area contributed by atoms with Crippen molar-refractivity contribution in [3.63, 3.8) is 0 Å². The van der Waals surface area contributed by atoms with E-state index < -0.39 is 40.1 Å². The summed E-state index contributed by atoms with van der Waals surface area (Å²) in [5, 5.41) is 12.4. The van der Waals surface area contributed by atoms with Crippen molar-refractivity contribution in [3.05, 3.63) is 90.0 Å². The largest absolute Gasteiger partial charge is 0.480 e. The molecule has 0 aromatic heterocycles. The number of hydrogen-bond donors (Lipinski definition) is 2. The molecule has 0 bridgehead atoms. The molecule has 2 atom stereocenters. The monoisotopic (exact) mass is 620 g/mol. The molecule has 11 nitrogen and oxygen atoms in total. The average molecular weight is 621 g/mol. The van der Waals surface area contributed by atoms with Crippen LogP contribution in [0.25, 0.3) is 0 Å². The minimum Gasteiger partial charge on any atom is -0.480 e. The molecule has 0 spiro atoms. The van der Waals surface area contributed by atoms with Gasteiger partial charge in [-0.15, -0.1) is 0 Å². The number of benzene rings is 3. The van der Waals surface area contributed by atoms with Crippen LogP contribution in [0.5, 0.6) is 5.75 Å². The molecule has 12 heteroatoms. The van der Waals surface area contributed by atoms with Gasteiger partial charge in [-0.2, -0.15) is 4.31 Å². The number of anilines is 1. The Hall–Kier alpha value is -4.42. The smallest absolute Gasteiger partial charge is 0.415 e. The fourth-order valence-electron chi connectivity index (χ4n) is 5.48. The van der Waals surface area contributed by atoms with E-state index in [9.17, 15) is 27.9 Å². The number of amides is 2. The second-order valence-electron chi connectivity index (χ2n) is 11.0. The number of nitrogens with zero attached hydrogens (tertiary/aromatic N) is 3. The quantitative estimate of drug-likeness (QED) is 0.372. The predicted molar refractivity (Wildman–Crippen MR) is 164 cm³/mol. The van der Waals surface area contributed by atoms with Gasteiger partial charge < -0.3 is 25.0 Å². The first-order valence-corrected chi connectivity index (χ1v) is 16.0. The highest BCUT2D eigenvalue weighted by Gasteiger charge is 2.40. The summed E-state index contributed by atoms with van der Waals surface area (Å²) in [6.07, 6.45) is 0.297. The van der Waals surface area contributed by atoms with Gasteiger partial charge in [0.1, 0.15) is 17.8 Å². The lowest BCUT2D eigenvalue weighted by Crippen LogP contribution is -2.51. The Labute approximate surface area is 257 Å². The first-order valence-electron chi connectivity index (χ1n) is 14.6. The van der Waals surface area contributed by atoms with Crippen molar-refractivity contribution < 1.29 is 32.6 Å². The van der Waals surface area contributed by atoms with Gasteiger partial charge in [0.2, 0.25) is 15.9 Å². The lowest BCUT2D eigenvalue weighted by atomic mass is 10.1. The molecule has 44 heavy (non-hydrogen) atoms. The van der Waals surface area contributed by atoms with Gasteiger partial charge in [0.05, 0.1) is 4.90 Å². The summed E-state index contributed by atoms with van der Waals surface area (Å²) in [4.78, 5) is 41.9. The zero-order chi connectivity index (χ0) is 31.3. The molecule has 5 rings (SSSR count). The Morgan fingerprint density at radius 3 is 2.20 bits per heavy atom. The molecule has 2 heterocycles. The highest BCUT2D eigenvalue weighted by Crippen LogP contribution is 2.27. The fourth-order valence-corrected chi connectivity index (χ4v) is 7.14. The number of sulfonamides is 1. The third kappa shape index (κ3) is 7.20. The SMILES string of the molecule is Cc1ccc(S(=O)(=O)N2CCC[C@H]2C(=O)N[C@@H](Cc2ccc(OC(=O)N3CCN(c4ccccc4)CC3)cc2)C(=O)O)cc1. The van der Waals surface area contributed by atoms with Gasteiger partial charge in [0.25, 0.3) is 0 Å². The van der Waals surface area contributed by atoms with Crippen molar-refractivity contribution in [1.82, 2.24) is 14.5 Å². The number of piperazine rings is 1. The first kappa shape index (κ1) is 31.0. The lowest BCUT2D eigenvalue weighted by molar-refractivity contribution is -0.142. The van der Waals surface area contributed by atoms with E-state index in [-0.39, 0.29) is 17.9 Å². The minimum atomic E-state index is -3.93. The zero-order valence-electron chi connectivity index (χ0n) is 24.5. The van der Waals surface area contributed by atoms with Crippen molar-refractivity contribution in [1.29, 1.82) is 0 Å². The summed E-state index contributed by atoms with van der Waals surface area (Å²) in [6.45, 7) is 4.46. The highest BCUT2D eigenvalue weighted by atomic mass is 32.2. The van der Waals surface area contributed by atoms with Gasteiger partial charge in [-0.1, -0.05) is 48.0 Å². The molecule has 2 aliphatic heterocycles. The van der Waals surface area contributed by atoms with Crippen LogP contribution in [0.1, 0.15) is 24.0 Å². The number of carboxylic acid groups (broad SMARTS) is 1. The van der Waals surface area contributed by atoms with Crippen LogP contribution < -0.4 is 15.0 Å². The number of nitrogens with one attached hydrogen (secondary N) is 1. The number of rotatable bonds is 9. The van der Waals surface area contributed by atoms with Gasteiger partial charge in [-0.25, -0.2) is 18.0 Å². The van der Waals surface area contributed by atoms with E-state index >= 15 is 0 Å². The van der Waals surface area contributed by atoms with Gasteiger partial charge in [0, 0.05) is 44.8 Å². The fraction of sp³-hybridized carbons (Fsp3) is 0.344. The van der Waals surface area contributed by atoms with Crippen LogP contribution in [0.15, 0.2) is 83.8 Å². The van der Waals surface area contributed by atoms with Crippen molar-refractivity contribution in [2.75, 3.05) is 37.6 Å². The van der Waals surface area contributed by atoms with E-state index in [1.165, 1.54) is 12.1 Å². The standard InChI is InChI=1S/C32H36N4O7S/c1-23-9-15-27(16-10-23)44(41,42)36-17-5-8-29(36)30(37)33-28(31(38)39)22-24-11-13-26(14-12-24)43-32(40)35-20-18-34(19-21-35)25-6-3-2-4-7-25/h2-4,6-7,9-16,28-29H,5,8,17-22H2,1H3,(H,33,37)(H,38,39)/t28-,29-/m0/s1. The third-order valence-corrected chi connectivity index (χ3v) is 9.90. The second-order valence-corrected chi connectivity index (χ2v) is 12.9. The highest BCUT2D eigenvalue weighted by molar-refractivity contribution is 7.89. The number of ether oxygens (including phenoxy) is 1. The normalized spacial score (nSPS) is 18.1. The molecule has 3 aromatic rings. The van der Waals surface area contributed by atoms with Gasteiger partial charge >= 0.3 is 12.1 Å². The Balaban J connectivity index is 1.15. The van der Waals surface area contributed by atoms with Crippen LogP contribution in [0.3, 0.4) is 0 Å². The second kappa shape index (κ2) is 13.5. The maximum atomic E-state index is 13.2. The summed E-state index contributed by atoms with van der Waals surface area (Å²) >= 11 is 0. The molecule has 0 aliphatic carbocycles. The molecular formula is C32H36N4O7S. The number of carbonyl (C=O) groups excluding carboxylic acids is 2. The summed E-state index contributed by atoms with van der Waals surface area (Å²) in [6, 6.07) is 20.6. The molecule has 0 saturated carbocycles. The number of aliphatic carboxylic acids is 1. The number of para-hydroxylation sites is 1. The van der Waals surface area contributed by atoms with E-state index in [2.05, 4.69) is 10.2 Å². The lowest BCUT2D eigenvalue weighted by Gasteiger charge is -2.35. The topological polar surface area (TPSA) is 137 Å². The van der Waals surface area contributed by atoms with Crippen LogP contribution >= 0.6 is 0 Å². The molecule has 2 amide bonds. The molecule has 2 fully saturated rings. The number of aryl methyl sites for hydroxylation is 1. The summed E-state index contributed by atoms with van der Waals surface area (Å²) < 4.78 is 33.2. The summed E-state index contributed by atoms with van der Waals surface area (Å²) in [7, 11) is -3.93. The first-order chi connectivity index (χ1) is 21.1. The summed E-state index contributed by atoms with van der Waals surface area (Å²) in [5.41, 5.74) is 2.62. The number of carbonyl (C=O) groups is 3. The van der Waals surface area contributed by atoms with Gasteiger partial charge in [-0.3, -0.25) is 4.79 Å². The molecular weight excluding hydrogens is 584 g/mol. The Kier molecular flexibility index (Phi) is 9.50. The average Bonchev–Trinajstić information content (AvgIpc) is 3.54. The van der Waals surface area contributed by atoms with E-state index in [4.69, 9.17) is 4.74 Å². The van der Waals surface area contributed by atoms with Crippen molar-refractivity contribution in [2.24, 2.45) is 0 Å². The van der Waals surface area contributed by atoms with Crippen LogP contribution in [-0.4, -0.2) is 85.5 Å². The predicted octanol–water partition coefficient (Wildman–Crippen LogP) is 3.28. The van der Waals surface area contributed by atoms with Crippen LogP contribution in [0.4, 0.5) is 10.5 Å². The van der Waals surface area contributed by atoms with E-state index in [1.54, 1.807) is 41.3 Å². The van der Waals surface area contributed by atoms with Crippen molar-refractivity contribution >= 4 is 33.7 Å². The Morgan fingerprint density at radius 1 is 0.909 bits per heavy atom. The van der Waals surface area contributed by atoms with Crippen LogP contribution in [-0.2, 0) is 26.0 Å². The molecule has 0 radical (unpaired) electrons. The van der Waals surface area contributed by atoms with Crippen molar-refractivity contribution in [3.8, 4) is 5.75 Å². The van der Waals surface area contributed by atoms with Gasteiger partial charge in [-0.05, 0) is 61.7 Å². The van der Waals surface area contributed by atoms with E-state index in [1.807, 2.05) is 37.3 Å². The molecule has 2 saturated heterocycles. The zero-order valence-corrected chi connectivity index (χ0v) is 25.3. The maximum absolute atomic E-state index is 13.2. The maximum Gasteiger partial charge on any atom is 0.415 e. The van der Waals surface area contributed by atoms with Crippen molar-refractivity contribution in [2.45, 2.75) is 43.2 Å². The molecule has 0 unspecified atom stereocenters. The minimum absolute atomic E-state index is 0.0336. The van der Waals surface area contributed by atoms with E-state index in [0.717, 1.165) is 15.6 Å². The number of hydrogen-bond acceptors (Lipinski definition) is 7. The Bertz CT molecular complexity index is 1570. The summed E-state index contributed by atoms with van der Waals surface area (Å²) in [5.74, 6) is -1.57.